The lowest BCUT2D eigenvalue weighted by Crippen LogP contribution is -2.16. The second kappa shape index (κ2) is 6.00. The van der Waals surface area contributed by atoms with Gasteiger partial charge < -0.3 is 10.4 Å². The second-order valence-electron chi connectivity index (χ2n) is 3.44. The van der Waals surface area contributed by atoms with Crippen LogP contribution in [-0.4, -0.2) is 33.0 Å². The van der Waals surface area contributed by atoms with Gasteiger partial charge in [-0.15, -0.1) is 0 Å². The molecule has 1 aromatic rings. The average Bonchev–Trinajstić information content (AvgIpc) is 2.23. The molecule has 1 heterocycles. The van der Waals surface area contributed by atoms with Gasteiger partial charge in [-0.05, 0) is 13.8 Å². The van der Waals surface area contributed by atoms with Crippen LogP contribution in [0.3, 0.4) is 0 Å². The van der Waals surface area contributed by atoms with Gasteiger partial charge >= 0.3 is 0 Å². The Bertz CT molecular complexity index is 349. The molecule has 2 unspecified atom stereocenters. The minimum Gasteiger partial charge on any atom is -0.392 e. The summed E-state index contributed by atoms with van der Waals surface area (Å²) in [6.07, 6.45) is 0.629. The van der Waals surface area contributed by atoms with Crippen molar-refractivity contribution in [3.8, 4) is 0 Å². The molecule has 0 spiro atoms. The summed E-state index contributed by atoms with van der Waals surface area (Å²) < 4.78 is 13.4. The summed E-state index contributed by atoms with van der Waals surface area (Å²) in [5.74, 6) is -0.0525. The van der Waals surface area contributed by atoms with Crippen molar-refractivity contribution in [3.05, 3.63) is 12.0 Å². The third-order valence-corrected chi connectivity index (χ3v) is 3.30. The molecular weight excluding hydrogens is 229 g/mol. The number of rotatable bonds is 5. The first kappa shape index (κ1) is 13.2. The molecule has 1 rings (SSSR count). The highest BCUT2D eigenvalue weighted by Crippen LogP contribution is 2.26. The highest BCUT2D eigenvalue weighted by atomic mass is 32.2. The molecule has 0 aliphatic rings. The molecule has 0 radical (unpaired) electrons. The predicted molar refractivity (Wildman–Crippen MR) is 63.2 cm³/mol. The van der Waals surface area contributed by atoms with Crippen LogP contribution in [0, 0.1) is 5.82 Å². The molecule has 0 saturated heterocycles. The Balaban J connectivity index is 2.81. The van der Waals surface area contributed by atoms with Crippen molar-refractivity contribution in [1.82, 2.24) is 9.97 Å². The van der Waals surface area contributed by atoms with Gasteiger partial charge in [0.1, 0.15) is 5.03 Å². The van der Waals surface area contributed by atoms with Crippen molar-refractivity contribution >= 4 is 17.7 Å². The van der Waals surface area contributed by atoms with E-state index in [4.69, 9.17) is 0 Å². The van der Waals surface area contributed by atoms with E-state index in [1.807, 2.05) is 13.8 Å². The van der Waals surface area contributed by atoms with Crippen LogP contribution in [0.2, 0.25) is 0 Å². The zero-order valence-corrected chi connectivity index (χ0v) is 10.4. The van der Waals surface area contributed by atoms with E-state index in [-0.39, 0.29) is 10.3 Å². The van der Waals surface area contributed by atoms with Gasteiger partial charge in [-0.2, -0.15) is 0 Å². The van der Waals surface area contributed by atoms with Crippen LogP contribution >= 0.6 is 11.8 Å². The maximum Gasteiger partial charge on any atom is 0.223 e. The molecule has 2 atom stereocenters. The highest BCUT2D eigenvalue weighted by molar-refractivity contribution is 7.99. The molecule has 0 aliphatic carbocycles. The minimum absolute atomic E-state index is 0.112. The van der Waals surface area contributed by atoms with Crippen LogP contribution in [0.15, 0.2) is 11.2 Å². The SMILES string of the molecule is CCNc1ncc(F)c(SC(C)C(C)O)n1. The van der Waals surface area contributed by atoms with E-state index in [1.54, 1.807) is 6.92 Å². The smallest absolute Gasteiger partial charge is 0.223 e. The van der Waals surface area contributed by atoms with Gasteiger partial charge in [0.05, 0.1) is 12.3 Å². The molecular formula is C10H16FN3OS. The Kier molecular flexibility index (Phi) is 4.95. The van der Waals surface area contributed by atoms with Gasteiger partial charge in [0.15, 0.2) is 5.82 Å². The fourth-order valence-corrected chi connectivity index (χ4v) is 1.81. The van der Waals surface area contributed by atoms with Gasteiger partial charge in [0.2, 0.25) is 5.95 Å². The number of nitrogens with zero attached hydrogens (tertiary/aromatic N) is 2. The molecule has 2 N–H and O–H groups in total. The minimum atomic E-state index is -0.512. The van der Waals surface area contributed by atoms with E-state index in [9.17, 15) is 9.50 Å². The molecule has 0 aliphatic heterocycles. The Labute approximate surface area is 98.7 Å². The van der Waals surface area contributed by atoms with Crippen molar-refractivity contribution in [2.75, 3.05) is 11.9 Å². The number of hydrogen-bond donors (Lipinski definition) is 2. The lowest BCUT2D eigenvalue weighted by atomic mass is 10.3. The number of nitrogens with one attached hydrogen (secondary N) is 1. The second-order valence-corrected chi connectivity index (χ2v) is 4.81. The van der Waals surface area contributed by atoms with Crippen molar-refractivity contribution in [3.63, 3.8) is 0 Å². The molecule has 0 bridgehead atoms. The van der Waals surface area contributed by atoms with Gasteiger partial charge in [-0.1, -0.05) is 18.7 Å². The lowest BCUT2D eigenvalue weighted by Gasteiger charge is -2.14. The normalized spacial score (nSPS) is 14.6. The number of aliphatic hydroxyl groups excluding tert-OH is 1. The molecule has 16 heavy (non-hydrogen) atoms. The summed E-state index contributed by atoms with van der Waals surface area (Å²) in [6, 6.07) is 0. The van der Waals surface area contributed by atoms with Crippen molar-refractivity contribution in [1.29, 1.82) is 0 Å². The van der Waals surface area contributed by atoms with Crippen LogP contribution in [0.5, 0.6) is 0 Å². The molecule has 0 fully saturated rings. The van der Waals surface area contributed by atoms with Gasteiger partial charge in [0, 0.05) is 11.8 Å². The van der Waals surface area contributed by atoms with E-state index >= 15 is 0 Å². The van der Waals surface area contributed by atoms with E-state index in [0.717, 1.165) is 6.20 Å². The topological polar surface area (TPSA) is 58.0 Å². The Hall–Kier alpha value is -0.880. The zero-order chi connectivity index (χ0) is 12.1. The first-order valence-electron chi connectivity index (χ1n) is 5.15. The predicted octanol–water partition coefficient (Wildman–Crippen LogP) is 1.91. The fourth-order valence-electron chi connectivity index (χ4n) is 0.952. The third-order valence-electron chi connectivity index (χ3n) is 2.02. The Morgan fingerprint density at radius 3 is 2.81 bits per heavy atom. The molecule has 0 aromatic carbocycles. The summed E-state index contributed by atoms with van der Waals surface area (Å²) in [7, 11) is 0. The van der Waals surface area contributed by atoms with Crippen LogP contribution in [0.1, 0.15) is 20.8 Å². The zero-order valence-electron chi connectivity index (χ0n) is 9.57. The van der Waals surface area contributed by atoms with E-state index in [1.165, 1.54) is 11.8 Å². The van der Waals surface area contributed by atoms with Gasteiger partial charge in [-0.25, -0.2) is 14.4 Å². The van der Waals surface area contributed by atoms with E-state index < -0.39 is 11.9 Å². The number of aromatic nitrogens is 2. The van der Waals surface area contributed by atoms with E-state index in [2.05, 4.69) is 15.3 Å². The van der Waals surface area contributed by atoms with Crippen molar-refractivity contribution in [2.24, 2.45) is 0 Å². The summed E-state index contributed by atoms with van der Waals surface area (Å²) in [5, 5.41) is 12.4. The number of anilines is 1. The average molecular weight is 245 g/mol. The largest absolute Gasteiger partial charge is 0.392 e. The maximum absolute atomic E-state index is 13.4. The number of hydrogen-bond acceptors (Lipinski definition) is 5. The molecule has 1 aromatic heterocycles. The quantitative estimate of drug-likeness (QED) is 0.613. The summed E-state index contributed by atoms with van der Waals surface area (Å²) in [5.41, 5.74) is 0. The standard InChI is InChI=1S/C10H16FN3OS/c1-4-12-10-13-5-8(11)9(14-10)16-7(3)6(2)15/h5-7,15H,4H2,1-3H3,(H,12,13,14). The molecule has 6 heteroatoms. The Morgan fingerprint density at radius 1 is 1.56 bits per heavy atom. The monoisotopic (exact) mass is 245 g/mol. The third kappa shape index (κ3) is 3.61. The number of aliphatic hydroxyl groups is 1. The summed E-state index contributed by atoms with van der Waals surface area (Å²) in [6.45, 7) is 6.09. The van der Waals surface area contributed by atoms with E-state index in [0.29, 0.717) is 12.5 Å². The molecule has 4 nitrogen and oxygen atoms in total. The van der Waals surface area contributed by atoms with Crippen LogP contribution in [0.25, 0.3) is 0 Å². The highest BCUT2D eigenvalue weighted by Gasteiger charge is 2.15. The molecule has 0 saturated carbocycles. The number of thioether (sulfide) groups is 1. The van der Waals surface area contributed by atoms with Gasteiger partial charge in [0.25, 0.3) is 0 Å². The van der Waals surface area contributed by atoms with Crippen LogP contribution < -0.4 is 5.32 Å². The van der Waals surface area contributed by atoms with Crippen LogP contribution in [-0.2, 0) is 0 Å². The first-order valence-corrected chi connectivity index (χ1v) is 6.03. The maximum atomic E-state index is 13.4. The van der Waals surface area contributed by atoms with Crippen molar-refractivity contribution < 1.29 is 9.50 Å². The molecule has 90 valence electrons. The summed E-state index contributed by atoms with van der Waals surface area (Å²) >= 11 is 1.20. The van der Waals surface area contributed by atoms with Crippen molar-refractivity contribution in [2.45, 2.75) is 37.2 Å². The molecule has 0 amide bonds. The first-order chi connectivity index (χ1) is 7.54. The van der Waals surface area contributed by atoms with Crippen LogP contribution in [0.4, 0.5) is 10.3 Å². The number of halogens is 1. The Morgan fingerprint density at radius 2 is 2.25 bits per heavy atom. The fraction of sp³-hybridized carbons (Fsp3) is 0.600. The van der Waals surface area contributed by atoms with Gasteiger partial charge in [-0.3, -0.25) is 0 Å². The lowest BCUT2D eigenvalue weighted by molar-refractivity contribution is 0.196. The summed E-state index contributed by atoms with van der Waals surface area (Å²) in [4.78, 5) is 7.85.